The van der Waals surface area contributed by atoms with Crippen LogP contribution in [-0.4, -0.2) is 49.8 Å². The van der Waals surface area contributed by atoms with Crippen LogP contribution in [0.2, 0.25) is 0 Å². The maximum Gasteiger partial charge on any atom is 0.218 e. The van der Waals surface area contributed by atoms with E-state index in [4.69, 9.17) is 5.73 Å². The zero-order valence-electron chi connectivity index (χ0n) is 12.1. The van der Waals surface area contributed by atoms with Gasteiger partial charge in [0.15, 0.2) is 0 Å². The van der Waals surface area contributed by atoms with Gasteiger partial charge in [0.2, 0.25) is 10.0 Å². The van der Waals surface area contributed by atoms with Crippen molar-refractivity contribution in [3.05, 3.63) is 29.8 Å². The maximum atomic E-state index is 12.5. The van der Waals surface area contributed by atoms with Crippen molar-refractivity contribution in [2.75, 3.05) is 31.9 Å². The Bertz CT molecular complexity index is 559. The van der Waals surface area contributed by atoms with Crippen molar-refractivity contribution in [1.82, 2.24) is 9.21 Å². The van der Waals surface area contributed by atoms with Crippen LogP contribution in [0, 0.1) is 0 Å². The van der Waals surface area contributed by atoms with Crippen molar-refractivity contribution in [3.63, 3.8) is 0 Å². The fourth-order valence-corrected chi connectivity index (χ4v) is 4.28. The second-order valence-electron chi connectivity index (χ2n) is 5.29. The predicted molar refractivity (Wildman–Crippen MR) is 81.8 cm³/mol. The molecule has 5 nitrogen and oxygen atoms in total. The average molecular weight is 297 g/mol. The molecule has 1 aliphatic heterocycles. The molecule has 1 unspecified atom stereocenters. The van der Waals surface area contributed by atoms with Gasteiger partial charge in [0.25, 0.3) is 0 Å². The summed E-state index contributed by atoms with van der Waals surface area (Å²) in [5, 5.41) is 0. The van der Waals surface area contributed by atoms with E-state index in [1.807, 2.05) is 12.1 Å². The number of benzene rings is 1. The van der Waals surface area contributed by atoms with Crippen LogP contribution in [0.1, 0.15) is 19.4 Å². The number of hydrogen-bond donors (Lipinski definition) is 1. The molecule has 1 fully saturated rings. The summed E-state index contributed by atoms with van der Waals surface area (Å²) < 4.78 is 26.6. The molecule has 0 spiro atoms. The monoisotopic (exact) mass is 297 g/mol. The lowest BCUT2D eigenvalue weighted by atomic mass is 10.2. The lowest BCUT2D eigenvalue weighted by molar-refractivity contribution is 0.135. The highest BCUT2D eigenvalue weighted by Crippen LogP contribution is 2.19. The van der Waals surface area contributed by atoms with Crippen LogP contribution in [0.4, 0.5) is 5.69 Å². The number of anilines is 1. The quantitative estimate of drug-likeness (QED) is 0.846. The summed E-state index contributed by atoms with van der Waals surface area (Å²) in [6.07, 6.45) is 0. The van der Waals surface area contributed by atoms with Crippen LogP contribution in [0.5, 0.6) is 0 Å². The minimum atomic E-state index is -3.30. The van der Waals surface area contributed by atoms with Crippen LogP contribution in [0.3, 0.4) is 0 Å². The number of likely N-dealkylation sites (N-methyl/N-ethyl adjacent to an activating group) is 1. The molecule has 0 amide bonds. The van der Waals surface area contributed by atoms with E-state index in [2.05, 4.69) is 18.7 Å². The summed E-state index contributed by atoms with van der Waals surface area (Å²) in [6.45, 7) is 7.05. The molecule has 0 bridgehead atoms. The molecule has 0 saturated carbocycles. The van der Waals surface area contributed by atoms with Gasteiger partial charge in [0.1, 0.15) is 0 Å². The van der Waals surface area contributed by atoms with Gasteiger partial charge in [-0.2, -0.15) is 4.31 Å². The number of para-hydroxylation sites is 1. The highest BCUT2D eigenvalue weighted by atomic mass is 32.2. The SMILES string of the molecule is CCN1CCN(S(=O)(=O)Cc2ccccc2N)CC1C. The lowest BCUT2D eigenvalue weighted by Crippen LogP contribution is -2.53. The third kappa shape index (κ3) is 3.31. The minimum absolute atomic E-state index is 0.0154. The van der Waals surface area contributed by atoms with Crippen LogP contribution in [-0.2, 0) is 15.8 Å². The van der Waals surface area contributed by atoms with E-state index < -0.39 is 10.0 Å². The first kappa shape index (κ1) is 15.3. The fourth-order valence-electron chi connectivity index (χ4n) is 2.64. The van der Waals surface area contributed by atoms with Crippen molar-refractivity contribution >= 4 is 15.7 Å². The zero-order chi connectivity index (χ0) is 14.8. The van der Waals surface area contributed by atoms with E-state index in [0.717, 1.165) is 13.1 Å². The number of sulfonamides is 1. The van der Waals surface area contributed by atoms with Gasteiger partial charge < -0.3 is 5.73 Å². The Morgan fingerprint density at radius 1 is 1.30 bits per heavy atom. The number of nitrogens with zero attached hydrogens (tertiary/aromatic N) is 2. The summed E-state index contributed by atoms with van der Waals surface area (Å²) in [6, 6.07) is 7.41. The van der Waals surface area contributed by atoms with E-state index >= 15 is 0 Å². The Morgan fingerprint density at radius 3 is 2.60 bits per heavy atom. The zero-order valence-corrected chi connectivity index (χ0v) is 12.9. The summed E-state index contributed by atoms with van der Waals surface area (Å²) in [5.74, 6) is -0.0154. The van der Waals surface area contributed by atoms with Gasteiger partial charge in [-0.05, 0) is 25.1 Å². The number of hydrogen-bond acceptors (Lipinski definition) is 4. The van der Waals surface area contributed by atoms with Crippen LogP contribution < -0.4 is 5.73 Å². The normalized spacial score (nSPS) is 22.0. The maximum absolute atomic E-state index is 12.5. The third-order valence-corrected chi connectivity index (χ3v) is 5.71. The smallest absolute Gasteiger partial charge is 0.218 e. The molecule has 2 rings (SSSR count). The molecule has 0 aliphatic carbocycles. The van der Waals surface area contributed by atoms with Gasteiger partial charge in [0.05, 0.1) is 5.75 Å². The Kier molecular flexibility index (Phi) is 4.67. The highest BCUT2D eigenvalue weighted by molar-refractivity contribution is 7.88. The largest absolute Gasteiger partial charge is 0.398 e. The first-order chi connectivity index (χ1) is 9.44. The molecule has 6 heteroatoms. The predicted octanol–water partition coefficient (Wildman–Crippen LogP) is 1.12. The number of rotatable bonds is 4. The number of nitrogen functional groups attached to an aromatic ring is 1. The minimum Gasteiger partial charge on any atom is -0.398 e. The molecular formula is C14H23N3O2S. The lowest BCUT2D eigenvalue weighted by Gasteiger charge is -2.38. The average Bonchev–Trinajstić information content (AvgIpc) is 2.41. The van der Waals surface area contributed by atoms with Gasteiger partial charge in [-0.15, -0.1) is 0 Å². The van der Waals surface area contributed by atoms with Crippen LogP contribution >= 0.6 is 0 Å². The van der Waals surface area contributed by atoms with Crippen molar-refractivity contribution in [2.24, 2.45) is 0 Å². The van der Waals surface area contributed by atoms with E-state index in [9.17, 15) is 8.42 Å². The molecule has 0 radical (unpaired) electrons. The molecule has 2 N–H and O–H groups in total. The van der Waals surface area contributed by atoms with E-state index in [1.54, 1.807) is 16.4 Å². The highest BCUT2D eigenvalue weighted by Gasteiger charge is 2.30. The molecule has 1 aromatic rings. The summed E-state index contributed by atoms with van der Waals surface area (Å²) in [4.78, 5) is 2.29. The van der Waals surface area contributed by atoms with E-state index in [-0.39, 0.29) is 11.8 Å². The first-order valence-corrected chi connectivity index (χ1v) is 8.60. The molecule has 112 valence electrons. The van der Waals surface area contributed by atoms with Gasteiger partial charge in [-0.1, -0.05) is 25.1 Å². The Hall–Kier alpha value is -1.11. The van der Waals surface area contributed by atoms with E-state index in [1.165, 1.54) is 0 Å². The standard InChI is InChI=1S/C14H23N3O2S/c1-3-16-8-9-17(10-12(16)2)20(18,19)11-13-6-4-5-7-14(13)15/h4-7,12H,3,8-11,15H2,1-2H3. The van der Waals surface area contributed by atoms with Gasteiger partial charge >= 0.3 is 0 Å². The van der Waals surface area contributed by atoms with Gasteiger partial charge in [-0.25, -0.2) is 8.42 Å². The summed E-state index contributed by atoms with van der Waals surface area (Å²) in [5.41, 5.74) is 7.05. The molecule has 0 aromatic heterocycles. The molecule has 1 saturated heterocycles. The first-order valence-electron chi connectivity index (χ1n) is 6.99. The van der Waals surface area contributed by atoms with Crippen LogP contribution in [0.25, 0.3) is 0 Å². The van der Waals surface area contributed by atoms with Crippen molar-refractivity contribution in [2.45, 2.75) is 25.6 Å². The molecule has 20 heavy (non-hydrogen) atoms. The van der Waals surface area contributed by atoms with Gasteiger partial charge in [0, 0.05) is 31.4 Å². The van der Waals surface area contributed by atoms with Crippen molar-refractivity contribution < 1.29 is 8.42 Å². The van der Waals surface area contributed by atoms with E-state index in [0.29, 0.717) is 24.3 Å². The number of piperazine rings is 1. The molecule has 1 aliphatic rings. The molecule has 1 heterocycles. The Morgan fingerprint density at radius 2 is 2.00 bits per heavy atom. The van der Waals surface area contributed by atoms with Crippen LogP contribution in [0.15, 0.2) is 24.3 Å². The Balaban J connectivity index is 2.10. The summed E-state index contributed by atoms with van der Waals surface area (Å²) >= 11 is 0. The second-order valence-corrected chi connectivity index (χ2v) is 7.26. The molecule has 1 aromatic carbocycles. The third-order valence-electron chi connectivity index (χ3n) is 3.92. The Labute approximate surface area is 121 Å². The number of nitrogens with two attached hydrogens (primary N) is 1. The summed E-state index contributed by atoms with van der Waals surface area (Å²) in [7, 11) is -3.30. The molecule has 1 atom stereocenters. The van der Waals surface area contributed by atoms with Crippen molar-refractivity contribution in [3.8, 4) is 0 Å². The van der Waals surface area contributed by atoms with Gasteiger partial charge in [-0.3, -0.25) is 4.90 Å². The second kappa shape index (κ2) is 6.11. The topological polar surface area (TPSA) is 66.6 Å². The van der Waals surface area contributed by atoms with Crippen molar-refractivity contribution in [1.29, 1.82) is 0 Å². The fraction of sp³-hybridized carbons (Fsp3) is 0.571. The molecular weight excluding hydrogens is 274 g/mol.